The van der Waals surface area contributed by atoms with Crippen LogP contribution in [0.3, 0.4) is 0 Å². The Labute approximate surface area is 107 Å². The molecule has 0 saturated heterocycles. The fourth-order valence-electron chi connectivity index (χ4n) is 2.29. The highest BCUT2D eigenvalue weighted by Crippen LogP contribution is 2.34. The van der Waals surface area contributed by atoms with Gasteiger partial charge in [0.25, 0.3) is 0 Å². The molecule has 1 fully saturated rings. The quantitative estimate of drug-likeness (QED) is 0.902. The molecule has 4 nitrogen and oxygen atoms in total. The van der Waals surface area contributed by atoms with Gasteiger partial charge in [-0.2, -0.15) is 4.98 Å². The van der Waals surface area contributed by atoms with E-state index in [1.807, 2.05) is 0 Å². The van der Waals surface area contributed by atoms with Crippen LogP contribution in [-0.4, -0.2) is 23.1 Å². The summed E-state index contributed by atoms with van der Waals surface area (Å²) in [6.45, 7) is 4.55. The number of hydrogen-bond donors (Lipinski definition) is 1. The van der Waals surface area contributed by atoms with Gasteiger partial charge in [0, 0.05) is 6.04 Å². The van der Waals surface area contributed by atoms with Gasteiger partial charge in [0.15, 0.2) is 5.82 Å². The topological polar surface area (TPSA) is 47.0 Å². The summed E-state index contributed by atoms with van der Waals surface area (Å²) in [5.41, 5.74) is 0. The molecular weight excluding hydrogens is 238 g/mol. The van der Waals surface area contributed by atoms with Gasteiger partial charge in [-0.25, -0.2) is 4.98 Å². The van der Waals surface area contributed by atoms with Gasteiger partial charge in [-0.1, -0.05) is 25.4 Å². The zero-order valence-corrected chi connectivity index (χ0v) is 11.2. The van der Waals surface area contributed by atoms with Crippen LogP contribution in [0.5, 0.6) is 6.01 Å². The third kappa shape index (κ3) is 2.63. The van der Waals surface area contributed by atoms with Gasteiger partial charge in [0.1, 0.15) is 5.02 Å². The fourth-order valence-corrected chi connectivity index (χ4v) is 2.44. The summed E-state index contributed by atoms with van der Waals surface area (Å²) in [7, 11) is 1.55. The van der Waals surface area contributed by atoms with Gasteiger partial charge in [-0.05, 0) is 24.7 Å². The number of aromatic nitrogens is 2. The molecule has 0 aromatic carbocycles. The Kier molecular flexibility index (Phi) is 3.72. The van der Waals surface area contributed by atoms with Crippen LogP contribution >= 0.6 is 11.6 Å². The molecule has 1 N–H and O–H groups in total. The minimum Gasteiger partial charge on any atom is -0.467 e. The number of nitrogens with one attached hydrogen (secondary N) is 1. The largest absolute Gasteiger partial charge is 0.467 e. The third-order valence-corrected chi connectivity index (χ3v) is 3.97. The molecule has 0 spiro atoms. The van der Waals surface area contributed by atoms with Gasteiger partial charge in [-0.15, -0.1) is 0 Å². The van der Waals surface area contributed by atoms with E-state index in [1.165, 1.54) is 6.42 Å². The van der Waals surface area contributed by atoms with Crippen molar-refractivity contribution in [1.29, 1.82) is 0 Å². The maximum atomic E-state index is 6.07. The highest BCUT2D eigenvalue weighted by atomic mass is 35.5. The van der Waals surface area contributed by atoms with Crippen molar-refractivity contribution >= 4 is 17.4 Å². The molecule has 1 aliphatic carbocycles. The van der Waals surface area contributed by atoms with Crippen molar-refractivity contribution < 1.29 is 4.74 Å². The van der Waals surface area contributed by atoms with E-state index < -0.39 is 0 Å². The average Bonchev–Trinajstić information content (AvgIpc) is 2.64. The number of anilines is 1. The van der Waals surface area contributed by atoms with E-state index in [9.17, 15) is 0 Å². The molecule has 0 amide bonds. The highest BCUT2D eigenvalue weighted by Gasteiger charge is 2.30. The third-order valence-electron chi connectivity index (χ3n) is 3.69. The Morgan fingerprint density at radius 2 is 2.18 bits per heavy atom. The van der Waals surface area contributed by atoms with Crippen LogP contribution in [0.2, 0.25) is 5.02 Å². The van der Waals surface area contributed by atoms with Crippen LogP contribution in [0.25, 0.3) is 0 Å². The van der Waals surface area contributed by atoms with Crippen molar-refractivity contribution in [2.24, 2.45) is 11.8 Å². The molecule has 1 heterocycles. The summed E-state index contributed by atoms with van der Waals surface area (Å²) in [6, 6.07) is 0.776. The van der Waals surface area contributed by atoms with Crippen LogP contribution < -0.4 is 10.1 Å². The van der Waals surface area contributed by atoms with Crippen LogP contribution in [-0.2, 0) is 0 Å². The molecule has 1 aromatic heterocycles. The number of nitrogens with zero attached hydrogens (tertiary/aromatic N) is 2. The maximum absolute atomic E-state index is 6.07. The fraction of sp³-hybridized carbons (Fsp3) is 0.667. The van der Waals surface area contributed by atoms with Gasteiger partial charge >= 0.3 is 6.01 Å². The predicted molar refractivity (Wildman–Crippen MR) is 68.6 cm³/mol. The van der Waals surface area contributed by atoms with Crippen LogP contribution in [0.1, 0.15) is 26.7 Å². The van der Waals surface area contributed by atoms with Crippen molar-refractivity contribution in [2.75, 3.05) is 12.4 Å². The normalized spacial score (nSPS) is 28.1. The first kappa shape index (κ1) is 12.4. The van der Waals surface area contributed by atoms with Crippen LogP contribution in [0.4, 0.5) is 5.82 Å². The Bertz CT molecular complexity index is 399. The van der Waals surface area contributed by atoms with Crippen molar-refractivity contribution in [2.45, 2.75) is 32.7 Å². The lowest BCUT2D eigenvalue weighted by atomic mass is 9.98. The Morgan fingerprint density at radius 3 is 2.76 bits per heavy atom. The smallest absolute Gasteiger partial charge is 0.318 e. The van der Waals surface area contributed by atoms with Crippen molar-refractivity contribution in [3.05, 3.63) is 11.2 Å². The second-order valence-electron chi connectivity index (χ2n) is 4.72. The van der Waals surface area contributed by atoms with E-state index in [1.54, 1.807) is 13.3 Å². The van der Waals surface area contributed by atoms with Crippen LogP contribution in [0.15, 0.2) is 6.20 Å². The van der Waals surface area contributed by atoms with Gasteiger partial charge < -0.3 is 10.1 Å². The first-order chi connectivity index (χ1) is 8.11. The average molecular weight is 256 g/mol. The van der Waals surface area contributed by atoms with E-state index in [4.69, 9.17) is 16.3 Å². The molecule has 1 aromatic rings. The van der Waals surface area contributed by atoms with Gasteiger partial charge in [0.05, 0.1) is 13.3 Å². The Balaban J connectivity index is 2.13. The Hall–Kier alpha value is -1.03. The first-order valence-electron chi connectivity index (χ1n) is 5.95. The molecule has 3 atom stereocenters. The summed E-state index contributed by atoms with van der Waals surface area (Å²) < 4.78 is 5.00. The molecule has 94 valence electrons. The lowest BCUT2D eigenvalue weighted by Gasteiger charge is -2.20. The molecule has 1 aliphatic rings. The monoisotopic (exact) mass is 255 g/mol. The summed E-state index contributed by atoms with van der Waals surface area (Å²) in [5.74, 6) is 2.05. The van der Waals surface area contributed by atoms with E-state index in [0.717, 1.165) is 12.3 Å². The van der Waals surface area contributed by atoms with Crippen LogP contribution in [0, 0.1) is 11.8 Å². The molecule has 17 heavy (non-hydrogen) atoms. The highest BCUT2D eigenvalue weighted by molar-refractivity contribution is 6.32. The van der Waals surface area contributed by atoms with E-state index in [2.05, 4.69) is 29.1 Å². The Morgan fingerprint density at radius 1 is 1.41 bits per heavy atom. The maximum Gasteiger partial charge on any atom is 0.318 e. The molecule has 0 bridgehead atoms. The van der Waals surface area contributed by atoms with Gasteiger partial charge in [-0.3, -0.25) is 0 Å². The van der Waals surface area contributed by atoms with Crippen molar-refractivity contribution in [3.8, 4) is 6.01 Å². The summed E-state index contributed by atoms with van der Waals surface area (Å²) in [6.07, 6.45) is 3.97. The second-order valence-corrected chi connectivity index (χ2v) is 5.13. The van der Waals surface area contributed by atoms with E-state index in [-0.39, 0.29) is 0 Å². The minimum absolute atomic E-state index is 0.343. The standard InChI is InChI=1S/C12H18ClN3O/c1-7-4-5-10(8(7)2)15-11-9(13)6-14-12(16-11)17-3/h6-8,10H,4-5H2,1-3H3,(H,14,15,16). The summed E-state index contributed by atoms with van der Waals surface area (Å²) >= 11 is 6.07. The SMILES string of the molecule is COc1ncc(Cl)c(NC2CCC(C)C2C)n1. The molecular formula is C12H18ClN3O. The zero-order chi connectivity index (χ0) is 12.4. The zero-order valence-electron chi connectivity index (χ0n) is 10.4. The molecule has 0 aliphatic heterocycles. The number of rotatable bonds is 3. The van der Waals surface area contributed by atoms with Crippen molar-refractivity contribution in [3.63, 3.8) is 0 Å². The summed E-state index contributed by atoms with van der Waals surface area (Å²) in [4.78, 5) is 8.20. The lowest BCUT2D eigenvalue weighted by Crippen LogP contribution is -2.24. The second kappa shape index (κ2) is 5.08. The number of hydrogen-bond acceptors (Lipinski definition) is 4. The molecule has 3 unspecified atom stereocenters. The van der Waals surface area contributed by atoms with E-state index in [0.29, 0.717) is 28.8 Å². The molecule has 0 radical (unpaired) electrons. The molecule has 1 saturated carbocycles. The predicted octanol–water partition coefficient (Wildman–Crippen LogP) is 2.99. The lowest BCUT2D eigenvalue weighted by molar-refractivity contribution is 0.379. The van der Waals surface area contributed by atoms with E-state index >= 15 is 0 Å². The molecule has 2 rings (SSSR count). The molecule has 5 heteroatoms. The number of ether oxygens (including phenoxy) is 1. The minimum atomic E-state index is 0.343. The van der Waals surface area contributed by atoms with Gasteiger partial charge in [0.2, 0.25) is 0 Å². The number of methoxy groups -OCH3 is 1. The first-order valence-corrected chi connectivity index (χ1v) is 6.32. The number of halogens is 1. The van der Waals surface area contributed by atoms with Crippen molar-refractivity contribution in [1.82, 2.24) is 9.97 Å². The summed E-state index contributed by atoms with van der Waals surface area (Å²) in [5, 5.41) is 3.94.